The SMILES string of the molecule is COCOc1c(Cc2ccccc2)cc(Cc2ccccc2)cc1Pc1ccccc1CO. The summed E-state index contributed by atoms with van der Waals surface area (Å²) >= 11 is 0. The van der Waals surface area contributed by atoms with Gasteiger partial charge in [-0.1, -0.05) is 99.6 Å². The Morgan fingerprint density at radius 3 is 1.97 bits per heavy atom. The van der Waals surface area contributed by atoms with E-state index in [1.54, 1.807) is 7.11 Å². The highest BCUT2D eigenvalue weighted by Gasteiger charge is 2.16. The van der Waals surface area contributed by atoms with Crippen LogP contribution in [0.3, 0.4) is 0 Å². The molecule has 33 heavy (non-hydrogen) atoms. The number of hydrogen-bond donors (Lipinski definition) is 1. The van der Waals surface area contributed by atoms with Gasteiger partial charge in [0.25, 0.3) is 0 Å². The molecule has 4 aromatic rings. The van der Waals surface area contributed by atoms with Crippen molar-refractivity contribution in [3.63, 3.8) is 0 Å². The highest BCUT2D eigenvalue weighted by Crippen LogP contribution is 2.29. The smallest absolute Gasteiger partial charge is 0.188 e. The van der Waals surface area contributed by atoms with Gasteiger partial charge in [0.2, 0.25) is 0 Å². The Bertz CT molecular complexity index is 1160. The van der Waals surface area contributed by atoms with Crippen LogP contribution in [0.15, 0.2) is 97.1 Å². The molecule has 1 N–H and O–H groups in total. The van der Waals surface area contributed by atoms with Crippen LogP contribution < -0.4 is 15.3 Å². The summed E-state index contributed by atoms with van der Waals surface area (Å²) in [6.45, 7) is 0.219. The summed E-state index contributed by atoms with van der Waals surface area (Å²) in [5, 5.41) is 12.1. The summed E-state index contributed by atoms with van der Waals surface area (Å²) in [4.78, 5) is 0. The maximum Gasteiger partial charge on any atom is 0.188 e. The van der Waals surface area contributed by atoms with Crippen LogP contribution in [0.2, 0.25) is 0 Å². The van der Waals surface area contributed by atoms with Crippen molar-refractivity contribution in [1.82, 2.24) is 0 Å². The Labute approximate surface area is 197 Å². The lowest BCUT2D eigenvalue weighted by Crippen LogP contribution is -2.16. The topological polar surface area (TPSA) is 38.7 Å². The molecule has 1 unspecified atom stereocenters. The quantitative estimate of drug-likeness (QED) is 0.270. The van der Waals surface area contributed by atoms with E-state index in [0.29, 0.717) is 8.58 Å². The Morgan fingerprint density at radius 1 is 0.667 bits per heavy atom. The van der Waals surface area contributed by atoms with Crippen LogP contribution in [0.5, 0.6) is 5.75 Å². The van der Waals surface area contributed by atoms with Crippen molar-refractivity contribution in [3.05, 3.63) is 125 Å². The van der Waals surface area contributed by atoms with Crippen LogP contribution >= 0.6 is 8.58 Å². The van der Waals surface area contributed by atoms with Crippen LogP contribution in [0.25, 0.3) is 0 Å². The fourth-order valence-corrected chi connectivity index (χ4v) is 5.34. The number of aliphatic hydroxyl groups is 1. The van der Waals surface area contributed by atoms with Gasteiger partial charge in [0.05, 0.1) is 6.61 Å². The minimum atomic E-state index is 0.0258. The fraction of sp³-hybridized carbons (Fsp3) is 0.172. The first-order valence-corrected chi connectivity index (χ1v) is 12.1. The van der Waals surface area contributed by atoms with Crippen molar-refractivity contribution < 1.29 is 14.6 Å². The summed E-state index contributed by atoms with van der Waals surface area (Å²) in [7, 11) is 2.01. The molecule has 0 saturated heterocycles. The van der Waals surface area contributed by atoms with Crippen LogP contribution in [0.1, 0.15) is 27.8 Å². The third-order valence-electron chi connectivity index (χ3n) is 5.49. The van der Waals surface area contributed by atoms with Gasteiger partial charge in [-0.25, -0.2) is 0 Å². The number of benzene rings is 4. The number of methoxy groups -OCH3 is 1. The monoisotopic (exact) mass is 456 g/mol. The summed E-state index contributed by atoms with van der Waals surface area (Å²) in [6, 6.07) is 33.6. The summed E-state index contributed by atoms with van der Waals surface area (Å²) in [6.07, 6.45) is 1.63. The average Bonchev–Trinajstić information content (AvgIpc) is 2.85. The van der Waals surface area contributed by atoms with Crippen molar-refractivity contribution >= 4 is 19.2 Å². The number of rotatable bonds is 10. The van der Waals surface area contributed by atoms with Crippen molar-refractivity contribution in [2.75, 3.05) is 13.9 Å². The van der Waals surface area contributed by atoms with Crippen molar-refractivity contribution in [2.45, 2.75) is 19.4 Å². The van der Waals surface area contributed by atoms with E-state index in [2.05, 4.69) is 66.7 Å². The van der Waals surface area contributed by atoms with E-state index >= 15 is 0 Å². The van der Waals surface area contributed by atoms with Crippen molar-refractivity contribution in [3.8, 4) is 5.75 Å². The summed E-state index contributed by atoms with van der Waals surface area (Å²) in [5.41, 5.74) is 5.86. The highest BCUT2D eigenvalue weighted by atomic mass is 31.1. The van der Waals surface area contributed by atoms with Crippen LogP contribution in [0, 0.1) is 0 Å². The molecule has 168 valence electrons. The third-order valence-corrected chi connectivity index (χ3v) is 6.89. The maximum absolute atomic E-state index is 9.86. The maximum atomic E-state index is 9.86. The molecular formula is C29H29O3P. The molecule has 4 rings (SSSR count). The first-order valence-electron chi connectivity index (χ1n) is 11.1. The lowest BCUT2D eigenvalue weighted by molar-refractivity contribution is 0.0513. The molecule has 4 heteroatoms. The van der Waals surface area contributed by atoms with E-state index in [-0.39, 0.29) is 13.4 Å². The van der Waals surface area contributed by atoms with Crippen molar-refractivity contribution in [1.29, 1.82) is 0 Å². The minimum absolute atomic E-state index is 0.0258. The Kier molecular flexibility index (Phi) is 8.27. The van der Waals surface area contributed by atoms with Crippen LogP contribution in [-0.2, 0) is 24.2 Å². The van der Waals surface area contributed by atoms with Gasteiger partial charge in [0, 0.05) is 18.8 Å². The molecule has 0 fully saturated rings. The second-order valence-corrected chi connectivity index (χ2v) is 9.27. The number of hydrogen-bond acceptors (Lipinski definition) is 3. The fourth-order valence-electron chi connectivity index (χ4n) is 3.94. The van der Waals surface area contributed by atoms with E-state index in [9.17, 15) is 5.11 Å². The molecule has 3 nitrogen and oxygen atoms in total. The van der Waals surface area contributed by atoms with Gasteiger partial charge < -0.3 is 14.6 Å². The first kappa shape index (κ1) is 23.2. The van der Waals surface area contributed by atoms with Crippen LogP contribution in [0.4, 0.5) is 0 Å². The molecule has 4 aromatic carbocycles. The molecule has 1 atom stereocenters. The number of aliphatic hydroxyl groups excluding tert-OH is 1. The second kappa shape index (κ2) is 11.8. The van der Waals surface area contributed by atoms with E-state index < -0.39 is 0 Å². The van der Waals surface area contributed by atoms with E-state index in [1.165, 1.54) is 16.7 Å². The van der Waals surface area contributed by atoms with E-state index in [4.69, 9.17) is 9.47 Å². The van der Waals surface area contributed by atoms with Gasteiger partial charge in [0.1, 0.15) is 5.75 Å². The first-order chi connectivity index (χ1) is 16.3. The predicted molar refractivity (Wildman–Crippen MR) is 137 cm³/mol. The molecule has 0 amide bonds. The standard InChI is InChI=1S/C29H29O3P/c1-31-21-32-29-26(17-23-12-6-3-7-13-23)18-24(16-22-10-4-2-5-11-22)19-28(29)33-27-15-9-8-14-25(27)20-30/h2-15,18-19,30,33H,16-17,20-21H2,1H3. The lowest BCUT2D eigenvalue weighted by atomic mass is 9.98. The molecule has 0 radical (unpaired) electrons. The molecule has 0 aliphatic carbocycles. The van der Waals surface area contributed by atoms with Crippen molar-refractivity contribution in [2.24, 2.45) is 0 Å². The molecule has 0 aliphatic heterocycles. The average molecular weight is 457 g/mol. The molecule has 0 bridgehead atoms. The van der Waals surface area contributed by atoms with Gasteiger partial charge in [-0.3, -0.25) is 0 Å². The normalized spacial score (nSPS) is 11.2. The van der Waals surface area contributed by atoms with E-state index in [0.717, 1.165) is 40.3 Å². The molecular weight excluding hydrogens is 427 g/mol. The molecule has 0 spiro atoms. The van der Waals surface area contributed by atoms with E-state index in [1.807, 2.05) is 30.3 Å². The molecule has 0 aliphatic rings. The zero-order chi connectivity index (χ0) is 22.9. The second-order valence-electron chi connectivity index (χ2n) is 7.95. The van der Waals surface area contributed by atoms with Crippen LogP contribution in [-0.4, -0.2) is 19.0 Å². The molecule has 0 aromatic heterocycles. The predicted octanol–water partition coefficient (Wildman–Crippen LogP) is 4.97. The lowest BCUT2D eigenvalue weighted by Gasteiger charge is -2.19. The zero-order valence-corrected chi connectivity index (χ0v) is 19.8. The third kappa shape index (κ3) is 6.30. The zero-order valence-electron chi connectivity index (χ0n) is 18.8. The van der Waals surface area contributed by atoms with Gasteiger partial charge in [-0.05, 0) is 45.6 Å². The minimum Gasteiger partial charge on any atom is -0.467 e. The Balaban J connectivity index is 1.79. The van der Waals surface area contributed by atoms with Gasteiger partial charge in [0.15, 0.2) is 6.79 Å². The largest absolute Gasteiger partial charge is 0.467 e. The Morgan fingerprint density at radius 2 is 1.30 bits per heavy atom. The van der Waals surface area contributed by atoms with Gasteiger partial charge >= 0.3 is 0 Å². The summed E-state index contributed by atoms with van der Waals surface area (Å²) in [5.74, 6) is 0.878. The van der Waals surface area contributed by atoms with Gasteiger partial charge in [-0.15, -0.1) is 0 Å². The molecule has 0 saturated carbocycles. The van der Waals surface area contributed by atoms with Gasteiger partial charge in [-0.2, -0.15) is 0 Å². The Hall–Kier alpha value is -2.97. The molecule has 0 heterocycles. The highest BCUT2D eigenvalue weighted by molar-refractivity contribution is 7.55. The number of ether oxygens (including phenoxy) is 2. The summed E-state index contributed by atoms with van der Waals surface area (Å²) < 4.78 is 11.4.